The minimum Gasteiger partial charge on any atom is -0.508 e. The van der Waals surface area contributed by atoms with Crippen LogP contribution in [0.2, 0.25) is 0 Å². The quantitative estimate of drug-likeness (QED) is 0.785. The van der Waals surface area contributed by atoms with Gasteiger partial charge in [0.05, 0.1) is 7.11 Å². The van der Waals surface area contributed by atoms with Crippen molar-refractivity contribution in [3.05, 3.63) is 48.0 Å². The summed E-state index contributed by atoms with van der Waals surface area (Å²) in [4.78, 5) is 1.22. The van der Waals surface area contributed by atoms with E-state index in [1.165, 1.54) is 4.90 Å². The lowest BCUT2D eigenvalue weighted by Crippen LogP contribution is -2.01. The van der Waals surface area contributed by atoms with Crippen LogP contribution in [0.1, 0.15) is 12.5 Å². The summed E-state index contributed by atoms with van der Waals surface area (Å²) in [6.07, 6.45) is 0. The molecule has 0 radical (unpaired) electrons. The van der Waals surface area contributed by atoms with Gasteiger partial charge in [-0.3, -0.25) is 0 Å². The van der Waals surface area contributed by atoms with Crippen molar-refractivity contribution in [1.29, 1.82) is 0 Å². The molecule has 0 unspecified atom stereocenters. The molecule has 0 fully saturated rings. The van der Waals surface area contributed by atoms with E-state index in [2.05, 4.69) is 24.4 Å². The molecule has 0 heterocycles. The van der Waals surface area contributed by atoms with Gasteiger partial charge in [-0.05, 0) is 36.1 Å². The van der Waals surface area contributed by atoms with E-state index in [0.29, 0.717) is 6.54 Å². The summed E-state index contributed by atoms with van der Waals surface area (Å²) in [6, 6.07) is 13.4. The molecule has 0 aliphatic rings. The smallest absolute Gasteiger partial charge is 0.120 e. The zero-order valence-corrected chi connectivity index (χ0v) is 12.5. The Morgan fingerprint density at radius 2 is 2.00 bits per heavy atom. The highest BCUT2D eigenvalue weighted by Crippen LogP contribution is 2.28. The summed E-state index contributed by atoms with van der Waals surface area (Å²) in [7, 11) is 1.62. The molecule has 0 aliphatic heterocycles. The molecule has 0 amide bonds. The molecule has 0 spiro atoms. The summed E-state index contributed by atoms with van der Waals surface area (Å²) in [5, 5.41) is 13.3. The van der Waals surface area contributed by atoms with Crippen LogP contribution in [0.5, 0.6) is 11.5 Å². The number of aromatic hydroxyl groups is 1. The lowest BCUT2D eigenvalue weighted by atomic mass is 10.2. The topological polar surface area (TPSA) is 41.5 Å². The molecule has 106 valence electrons. The molecule has 20 heavy (non-hydrogen) atoms. The van der Waals surface area contributed by atoms with Gasteiger partial charge in [0.15, 0.2) is 0 Å². The number of hydrogen-bond donors (Lipinski definition) is 2. The monoisotopic (exact) mass is 289 g/mol. The Bertz CT molecular complexity index is 572. The van der Waals surface area contributed by atoms with Crippen LogP contribution in [0.15, 0.2) is 47.4 Å². The van der Waals surface area contributed by atoms with Crippen molar-refractivity contribution >= 4 is 17.4 Å². The third-order valence-electron chi connectivity index (χ3n) is 2.94. The molecule has 0 aliphatic carbocycles. The van der Waals surface area contributed by atoms with Gasteiger partial charge in [-0.1, -0.05) is 19.1 Å². The molecule has 2 N–H and O–H groups in total. The minimum atomic E-state index is 0.277. The summed E-state index contributed by atoms with van der Waals surface area (Å²) in [5.41, 5.74) is 1.90. The van der Waals surface area contributed by atoms with Crippen LogP contribution in [0.4, 0.5) is 5.69 Å². The number of nitrogens with one attached hydrogen (secondary N) is 1. The van der Waals surface area contributed by atoms with Crippen molar-refractivity contribution in [3.8, 4) is 11.5 Å². The van der Waals surface area contributed by atoms with Crippen molar-refractivity contribution < 1.29 is 9.84 Å². The predicted octanol–water partition coefficient (Wildman–Crippen LogP) is 4.12. The first-order chi connectivity index (χ1) is 9.74. The number of rotatable bonds is 6. The zero-order valence-electron chi connectivity index (χ0n) is 11.7. The molecule has 0 atom stereocenters. The fourth-order valence-corrected chi connectivity index (χ4v) is 2.70. The van der Waals surface area contributed by atoms with Gasteiger partial charge in [0, 0.05) is 22.7 Å². The van der Waals surface area contributed by atoms with E-state index >= 15 is 0 Å². The molecular formula is C16H19NO2S. The third kappa shape index (κ3) is 3.61. The van der Waals surface area contributed by atoms with E-state index in [1.54, 1.807) is 31.0 Å². The Kier molecular flexibility index (Phi) is 5.18. The zero-order chi connectivity index (χ0) is 14.4. The van der Waals surface area contributed by atoms with Gasteiger partial charge in [-0.2, -0.15) is 0 Å². The van der Waals surface area contributed by atoms with Crippen molar-refractivity contribution in [1.82, 2.24) is 0 Å². The molecule has 2 rings (SSSR count). The van der Waals surface area contributed by atoms with Gasteiger partial charge >= 0.3 is 0 Å². The normalized spacial score (nSPS) is 10.3. The number of hydrogen-bond acceptors (Lipinski definition) is 4. The standard InChI is InChI=1S/C16H19NO2S/c1-3-20-16-7-5-4-6-14(16)17-11-12-10-13(19-2)8-9-15(12)18/h4-10,17-18H,3,11H2,1-2H3. The number of thioether (sulfide) groups is 1. The number of ether oxygens (including phenoxy) is 1. The third-order valence-corrected chi connectivity index (χ3v) is 3.90. The Balaban J connectivity index is 2.12. The first-order valence-corrected chi connectivity index (χ1v) is 7.54. The predicted molar refractivity (Wildman–Crippen MR) is 84.8 cm³/mol. The van der Waals surface area contributed by atoms with Gasteiger partial charge in [0.25, 0.3) is 0 Å². The lowest BCUT2D eigenvalue weighted by molar-refractivity contribution is 0.411. The molecule has 0 saturated heterocycles. The summed E-state index contributed by atoms with van der Waals surface area (Å²) >= 11 is 1.80. The van der Waals surface area contributed by atoms with Crippen LogP contribution in [-0.2, 0) is 6.54 Å². The van der Waals surface area contributed by atoms with E-state index < -0.39 is 0 Å². The average molecular weight is 289 g/mol. The maximum atomic E-state index is 9.88. The maximum absolute atomic E-state index is 9.88. The second-order valence-corrected chi connectivity index (χ2v) is 5.58. The second kappa shape index (κ2) is 7.10. The molecule has 2 aromatic carbocycles. The molecule has 0 saturated carbocycles. The van der Waals surface area contributed by atoms with Gasteiger partial charge in [0.2, 0.25) is 0 Å². The fourth-order valence-electron chi connectivity index (χ4n) is 1.91. The molecule has 4 heteroatoms. The van der Waals surface area contributed by atoms with Gasteiger partial charge < -0.3 is 15.2 Å². The van der Waals surface area contributed by atoms with Crippen molar-refractivity contribution in [2.24, 2.45) is 0 Å². The first-order valence-electron chi connectivity index (χ1n) is 6.56. The van der Waals surface area contributed by atoms with Gasteiger partial charge in [-0.15, -0.1) is 11.8 Å². The van der Waals surface area contributed by atoms with Crippen molar-refractivity contribution in [2.45, 2.75) is 18.4 Å². The van der Waals surface area contributed by atoms with E-state index in [0.717, 1.165) is 22.8 Å². The van der Waals surface area contributed by atoms with Crippen LogP contribution >= 0.6 is 11.8 Å². The Labute approximate surface area is 124 Å². The number of para-hydroxylation sites is 1. The van der Waals surface area contributed by atoms with Crippen LogP contribution in [-0.4, -0.2) is 18.0 Å². The van der Waals surface area contributed by atoms with E-state index in [4.69, 9.17) is 4.74 Å². The minimum absolute atomic E-state index is 0.277. The van der Waals surface area contributed by atoms with Crippen LogP contribution in [0.3, 0.4) is 0 Å². The number of phenolic OH excluding ortho intramolecular Hbond substituents is 1. The lowest BCUT2D eigenvalue weighted by Gasteiger charge is -2.12. The SMILES string of the molecule is CCSc1ccccc1NCc1cc(OC)ccc1O. The summed E-state index contributed by atoms with van der Waals surface area (Å²) < 4.78 is 5.18. The van der Waals surface area contributed by atoms with Crippen LogP contribution < -0.4 is 10.1 Å². The van der Waals surface area contributed by atoms with Gasteiger partial charge in [0.1, 0.15) is 11.5 Å². The van der Waals surface area contributed by atoms with Crippen LogP contribution in [0, 0.1) is 0 Å². The molecule has 0 bridgehead atoms. The number of phenols is 1. The fraction of sp³-hybridized carbons (Fsp3) is 0.250. The summed E-state index contributed by atoms with van der Waals surface area (Å²) in [5.74, 6) is 2.05. The van der Waals surface area contributed by atoms with Crippen molar-refractivity contribution in [2.75, 3.05) is 18.2 Å². The Morgan fingerprint density at radius 1 is 1.20 bits per heavy atom. The van der Waals surface area contributed by atoms with E-state index in [-0.39, 0.29) is 5.75 Å². The largest absolute Gasteiger partial charge is 0.508 e. The Morgan fingerprint density at radius 3 is 2.75 bits per heavy atom. The van der Waals surface area contributed by atoms with E-state index in [9.17, 15) is 5.11 Å². The number of anilines is 1. The maximum Gasteiger partial charge on any atom is 0.120 e. The highest BCUT2D eigenvalue weighted by Gasteiger charge is 2.05. The Hall–Kier alpha value is -1.81. The molecular weight excluding hydrogens is 270 g/mol. The average Bonchev–Trinajstić information content (AvgIpc) is 2.48. The summed E-state index contributed by atoms with van der Waals surface area (Å²) in [6.45, 7) is 2.69. The van der Waals surface area contributed by atoms with Gasteiger partial charge in [-0.25, -0.2) is 0 Å². The number of methoxy groups -OCH3 is 1. The highest BCUT2D eigenvalue weighted by molar-refractivity contribution is 7.99. The van der Waals surface area contributed by atoms with Crippen molar-refractivity contribution in [3.63, 3.8) is 0 Å². The van der Waals surface area contributed by atoms with E-state index in [1.807, 2.05) is 18.2 Å². The molecule has 2 aromatic rings. The highest BCUT2D eigenvalue weighted by atomic mass is 32.2. The molecule has 0 aromatic heterocycles. The molecule has 3 nitrogen and oxygen atoms in total. The number of benzene rings is 2. The van der Waals surface area contributed by atoms with Crippen LogP contribution in [0.25, 0.3) is 0 Å². The second-order valence-electron chi connectivity index (χ2n) is 4.28. The first kappa shape index (κ1) is 14.6.